The largest absolute Gasteiger partial charge is 0.343 e. The van der Waals surface area contributed by atoms with E-state index in [2.05, 4.69) is 4.90 Å². The fourth-order valence-corrected chi connectivity index (χ4v) is 5.38. The van der Waals surface area contributed by atoms with E-state index >= 15 is 0 Å². The Morgan fingerprint density at radius 1 is 0.939 bits per heavy atom. The van der Waals surface area contributed by atoms with Crippen molar-refractivity contribution in [3.63, 3.8) is 0 Å². The molecule has 3 aliphatic heterocycles. The summed E-state index contributed by atoms with van der Waals surface area (Å²) in [5.41, 5.74) is 0.882. The van der Waals surface area contributed by atoms with Crippen molar-refractivity contribution < 1.29 is 23.1 Å². The molecule has 0 atom stereocenters. The van der Waals surface area contributed by atoms with Crippen LogP contribution in [-0.2, 0) is 20.1 Å². The number of anilines is 1. The van der Waals surface area contributed by atoms with Crippen LogP contribution in [0.4, 0.5) is 14.6 Å². The number of para-hydroxylation sites is 1. The predicted octanol–water partition coefficient (Wildman–Crippen LogP) is 3.83. The summed E-state index contributed by atoms with van der Waals surface area (Å²) < 4.78 is 39.6. The molecule has 0 aliphatic carbocycles. The van der Waals surface area contributed by atoms with Gasteiger partial charge in [-0.1, -0.05) is 34.8 Å². The molecule has 0 radical (unpaired) electrons. The molecule has 3 fully saturated rings. The van der Waals surface area contributed by atoms with Gasteiger partial charge in [0, 0.05) is 30.8 Å². The van der Waals surface area contributed by atoms with Gasteiger partial charge in [-0.05, 0) is 50.1 Å². The summed E-state index contributed by atoms with van der Waals surface area (Å²) in [5, 5.41) is 0.351. The van der Waals surface area contributed by atoms with Crippen molar-refractivity contribution in [3.8, 4) is 0 Å². The van der Waals surface area contributed by atoms with E-state index in [1.807, 2.05) is 35.2 Å². The lowest BCUT2D eigenvalue weighted by molar-refractivity contribution is -0.172. The standard InChI is InChI=1S/C25H29F2N3O3/c26-21-9-7-20(8-10-21)25(32-17-18-33-25)11-4-14-28-15-12-24(13-16-28)23(31)30(27)19-29(24)22-5-2-1-3-6-22/h1-3,5-10H,4,11-19H2/i27-1. The van der Waals surface area contributed by atoms with Crippen LogP contribution in [-0.4, -0.2) is 61.0 Å². The van der Waals surface area contributed by atoms with E-state index in [-0.39, 0.29) is 12.5 Å². The third kappa shape index (κ3) is 4.11. The first-order valence-electron chi connectivity index (χ1n) is 11.6. The number of benzene rings is 2. The molecule has 0 N–H and O–H groups in total. The van der Waals surface area contributed by atoms with Crippen molar-refractivity contribution in [2.45, 2.75) is 37.0 Å². The van der Waals surface area contributed by atoms with Crippen molar-refractivity contribution in [2.75, 3.05) is 44.4 Å². The molecule has 2 aromatic rings. The van der Waals surface area contributed by atoms with Crippen LogP contribution < -0.4 is 4.90 Å². The zero-order valence-electron chi connectivity index (χ0n) is 18.6. The zero-order valence-corrected chi connectivity index (χ0v) is 18.6. The third-order valence-electron chi connectivity index (χ3n) is 7.17. The Hall–Kier alpha value is -2.55. The molecule has 176 valence electrons. The summed E-state index contributed by atoms with van der Waals surface area (Å²) in [4.78, 5) is 17.0. The predicted molar refractivity (Wildman–Crippen MR) is 119 cm³/mol. The summed E-state index contributed by atoms with van der Waals surface area (Å²) in [6.07, 6.45) is 2.65. The van der Waals surface area contributed by atoms with Crippen LogP contribution >= 0.6 is 0 Å². The van der Waals surface area contributed by atoms with Gasteiger partial charge in [0.05, 0.1) is 13.2 Å². The molecule has 2 aromatic carbocycles. The molecule has 0 bridgehead atoms. The lowest BCUT2D eigenvalue weighted by Gasteiger charge is -2.43. The minimum atomic E-state index is -0.828. The van der Waals surface area contributed by atoms with Crippen LogP contribution in [0.2, 0.25) is 0 Å². The van der Waals surface area contributed by atoms with E-state index in [0.29, 0.717) is 50.7 Å². The molecule has 0 aromatic heterocycles. The van der Waals surface area contributed by atoms with Crippen molar-refractivity contribution in [1.29, 1.82) is 0 Å². The van der Waals surface area contributed by atoms with E-state index in [1.165, 1.54) is 12.1 Å². The first-order valence-corrected chi connectivity index (χ1v) is 11.6. The van der Waals surface area contributed by atoms with E-state index in [1.54, 1.807) is 12.1 Å². The number of ether oxygens (including phenoxy) is 2. The van der Waals surface area contributed by atoms with Crippen LogP contribution in [0.15, 0.2) is 54.6 Å². The molecule has 0 unspecified atom stereocenters. The molecule has 5 rings (SSSR count). The maximum Gasteiger partial charge on any atom is 0.277 e. The average molecular weight is 457 g/mol. The number of carbonyl (C=O) groups is 1. The Bertz CT molecular complexity index is 959. The summed E-state index contributed by atoms with van der Waals surface area (Å²) in [6.45, 7) is 3.26. The number of hydrogen-bond acceptors (Lipinski definition) is 5. The summed E-state index contributed by atoms with van der Waals surface area (Å²) in [6, 6.07) is 15.9. The van der Waals surface area contributed by atoms with Gasteiger partial charge in [0.15, 0.2) is 5.79 Å². The van der Waals surface area contributed by atoms with E-state index in [9.17, 15) is 13.7 Å². The Labute approximate surface area is 192 Å². The van der Waals surface area contributed by atoms with Gasteiger partial charge >= 0.3 is 0 Å². The highest BCUT2D eigenvalue weighted by molar-refractivity contribution is 5.92. The number of carbonyl (C=O) groups excluding carboxylic acids is 1. The lowest BCUT2D eigenvalue weighted by atomic mass is 9.85. The van der Waals surface area contributed by atoms with Crippen LogP contribution in [0.1, 0.15) is 31.2 Å². The average Bonchev–Trinajstić information content (AvgIpc) is 3.41. The second kappa shape index (κ2) is 9.00. The Morgan fingerprint density at radius 3 is 2.27 bits per heavy atom. The molecular weight excluding hydrogens is 427 g/mol. The smallest absolute Gasteiger partial charge is 0.277 e. The minimum absolute atomic E-state index is 0.0300. The first-order chi connectivity index (χ1) is 16.0. The van der Waals surface area contributed by atoms with Gasteiger partial charge < -0.3 is 19.3 Å². The van der Waals surface area contributed by atoms with Gasteiger partial charge in [-0.3, -0.25) is 4.79 Å². The van der Waals surface area contributed by atoms with Crippen molar-refractivity contribution in [3.05, 3.63) is 66.0 Å². The maximum atomic E-state index is 14.4. The van der Waals surface area contributed by atoms with Crippen molar-refractivity contribution in [1.82, 2.24) is 10.0 Å². The van der Waals surface area contributed by atoms with Gasteiger partial charge in [-0.25, -0.2) is 4.39 Å². The molecule has 6 nitrogen and oxygen atoms in total. The highest BCUT2D eigenvalue weighted by Gasteiger charge is 2.54. The summed E-state index contributed by atoms with van der Waals surface area (Å²) in [5.74, 6) is -1.55. The van der Waals surface area contributed by atoms with E-state index in [0.717, 1.165) is 24.2 Å². The number of likely N-dealkylation sites (tertiary alicyclic amines) is 1. The van der Waals surface area contributed by atoms with Crippen LogP contribution in [0.5, 0.6) is 0 Å². The Balaban J connectivity index is 1.21. The fraction of sp³-hybridized carbons (Fsp3) is 0.480. The van der Waals surface area contributed by atoms with E-state index in [4.69, 9.17) is 9.47 Å². The molecule has 3 aliphatic rings. The SMILES string of the molecule is O=C1N([18F])CN(c2ccccc2)C12CCN(CCCC1(c3ccc(F)cc3)OCCO1)CC2. The highest BCUT2D eigenvalue weighted by Crippen LogP contribution is 2.40. The van der Waals surface area contributed by atoms with Gasteiger partial charge in [0.1, 0.15) is 18.0 Å². The van der Waals surface area contributed by atoms with Gasteiger partial charge in [0.2, 0.25) is 0 Å². The van der Waals surface area contributed by atoms with Gasteiger partial charge in [-0.15, -0.1) is 0 Å². The molecule has 8 heteroatoms. The fourth-order valence-electron chi connectivity index (χ4n) is 5.38. The minimum Gasteiger partial charge on any atom is -0.343 e. The number of piperidine rings is 1. The molecule has 33 heavy (non-hydrogen) atoms. The molecule has 3 heterocycles. The molecule has 0 saturated carbocycles. The first kappa shape index (κ1) is 22.3. The number of nitrogens with zero attached hydrogens (tertiary/aromatic N) is 3. The molecule has 3 saturated heterocycles. The molecular formula is C25H29F2N3O3. The Morgan fingerprint density at radius 2 is 1.61 bits per heavy atom. The lowest BCUT2D eigenvalue weighted by Crippen LogP contribution is -2.56. The number of rotatable bonds is 6. The number of hydrogen-bond donors (Lipinski definition) is 0. The van der Waals surface area contributed by atoms with Gasteiger partial charge in [-0.2, -0.15) is 5.12 Å². The summed E-state index contributed by atoms with van der Waals surface area (Å²) >= 11 is 0. The monoisotopic (exact) mass is 456 g/mol. The normalized spacial score (nSPS) is 22.4. The maximum absolute atomic E-state index is 14.4. The topological polar surface area (TPSA) is 45.3 Å². The van der Waals surface area contributed by atoms with Crippen molar-refractivity contribution >= 4 is 11.6 Å². The summed E-state index contributed by atoms with van der Waals surface area (Å²) in [7, 11) is 0. The van der Waals surface area contributed by atoms with E-state index < -0.39 is 17.2 Å². The Kier molecular flexibility index (Phi) is 6.07. The second-order valence-corrected chi connectivity index (χ2v) is 9.01. The molecule has 1 amide bonds. The van der Waals surface area contributed by atoms with Crippen molar-refractivity contribution in [2.24, 2.45) is 0 Å². The quantitative estimate of drug-likeness (QED) is 0.619. The zero-order chi connectivity index (χ0) is 22.9. The number of halogens is 2. The van der Waals surface area contributed by atoms with Gasteiger partial charge in [0.25, 0.3) is 5.91 Å². The van der Waals surface area contributed by atoms with Crippen LogP contribution in [0.3, 0.4) is 0 Å². The van der Waals surface area contributed by atoms with Crippen LogP contribution in [0.25, 0.3) is 0 Å². The molecule has 1 spiro atoms. The number of amides is 1. The van der Waals surface area contributed by atoms with Crippen LogP contribution in [0, 0.1) is 5.82 Å². The highest BCUT2D eigenvalue weighted by atomic mass is 19.1. The third-order valence-corrected chi connectivity index (χ3v) is 7.17. The second-order valence-electron chi connectivity index (χ2n) is 9.01.